The van der Waals surface area contributed by atoms with Crippen molar-refractivity contribution >= 4 is 22.5 Å². The molecule has 0 radical (unpaired) electrons. The van der Waals surface area contributed by atoms with Gasteiger partial charge < -0.3 is 14.7 Å². The molecule has 0 saturated heterocycles. The zero-order valence-corrected chi connectivity index (χ0v) is 12.5. The average Bonchev–Trinajstić information content (AvgIpc) is 2.95. The lowest BCUT2D eigenvalue weighted by Crippen LogP contribution is -2.10. The van der Waals surface area contributed by atoms with Crippen molar-refractivity contribution in [2.24, 2.45) is 0 Å². The van der Waals surface area contributed by atoms with E-state index in [9.17, 15) is 13.2 Å². The minimum Gasteiger partial charge on any atom is -0.377 e. The van der Waals surface area contributed by atoms with Crippen molar-refractivity contribution in [3.63, 3.8) is 0 Å². The van der Waals surface area contributed by atoms with Gasteiger partial charge in [0.2, 0.25) is 0 Å². The van der Waals surface area contributed by atoms with Crippen LogP contribution in [0.25, 0.3) is 11.0 Å². The number of hydrogen-bond donors (Lipinski definition) is 1. The maximum absolute atomic E-state index is 13.7. The monoisotopic (exact) mass is 321 g/mol. The zero-order valence-electron chi connectivity index (χ0n) is 12.5. The molecular formula is C16H14F3N3O. The Morgan fingerprint density at radius 1 is 1.09 bits per heavy atom. The van der Waals surface area contributed by atoms with Crippen LogP contribution in [-0.4, -0.2) is 19.3 Å². The maximum Gasteiger partial charge on any atom is 0.194 e. The van der Waals surface area contributed by atoms with Crippen molar-refractivity contribution in [3.8, 4) is 0 Å². The predicted molar refractivity (Wildman–Crippen MR) is 82.0 cm³/mol. The Labute approximate surface area is 130 Å². The quantitative estimate of drug-likeness (QED) is 0.740. The van der Waals surface area contributed by atoms with Gasteiger partial charge in [-0.05, 0) is 18.2 Å². The minimum atomic E-state index is -1.48. The molecule has 0 amide bonds. The van der Waals surface area contributed by atoms with Crippen LogP contribution in [0.2, 0.25) is 0 Å². The van der Waals surface area contributed by atoms with Crippen LogP contribution in [0.4, 0.5) is 24.7 Å². The van der Waals surface area contributed by atoms with E-state index in [0.717, 1.165) is 17.1 Å². The molecule has 120 valence electrons. The summed E-state index contributed by atoms with van der Waals surface area (Å²) in [7, 11) is 3.75. The normalized spacial score (nSPS) is 11.0. The second-order valence-electron chi connectivity index (χ2n) is 5.26. The Kier molecular flexibility index (Phi) is 3.85. The summed E-state index contributed by atoms with van der Waals surface area (Å²) in [5.41, 5.74) is 1.45. The van der Waals surface area contributed by atoms with Gasteiger partial charge in [0, 0.05) is 26.2 Å². The van der Waals surface area contributed by atoms with Crippen molar-refractivity contribution in [1.82, 2.24) is 5.16 Å². The Morgan fingerprint density at radius 2 is 1.87 bits per heavy atom. The van der Waals surface area contributed by atoms with Crippen LogP contribution in [0.15, 0.2) is 34.9 Å². The highest BCUT2D eigenvalue weighted by molar-refractivity contribution is 5.99. The summed E-state index contributed by atoms with van der Waals surface area (Å²) in [6.07, 6.45) is 0. The van der Waals surface area contributed by atoms with Crippen LogP contribution < -0.4 is 10.2 Å². The first-order valence-electron chi connectivity index (χ1n) is 6.91. The number of fused-ring (bicyclic) bond motifs is 1. The molecule has 0 aliphatic rings. The largest absolute Gasteiger partial charge is 0.377 e. The molecule has 0 aliphatic heterocycles. The molecule has 0 aliphatic carbocycles. The standard InChI is InChI=1S/C16H14F3N3O/c1-22(2)11-4-3-5-12-13(11)16(21-23-12)20-8-9-6-7-10(17)15(19)14(9)18/h3-7H,8H2,1-2H3,(H,20,21). The molecule has 3 aromatic rings. The van der Waals surface area contributed by atoms with Gasteiger partial charge in [0.25, 0.3) is 0 Å². The number of benzene rings is 2. The van der Waals surface area contributed by atoms with Gasteiger partial charge in [0.05, 0.1) is 11.1 Å². The van der Waals surface area contributed by atoms with Crippen LogP contribution in [-0.2, 0) is 6.54 Å². The molecule has 7 heteroatoms. The Morgan fingerprint density at radius 3 is 2.61 bits per heavy atom. The molecule has 0 spiro atoms. The Balaban J connectivity index is 1.93. The predicted octanol–water partition coefficient (Wildman–Crippen LogP) is 3.92. The number of halogens is 3. The van der Waals surface area contributed by atoms with E-state index >= 15 is 0 Å². The summed E-state index contributed by atoms with van der Waals surface area (Å²) in [6, 6.07) is 7.57. The molecular weight excluding hydrogens is 307 g/mol. The SMILES string of the molecule is CN(C)c1cccc2onc(NCc3ccc(F)c(F)c3F)c12. The number of rotatable bonds is 4. The van der Waals surface area contributed by atoms with E-state index in [1.165, 1.54) is 6.07 Å². The second-order valence-corrected chi connectivity index (χ2v) is 5.26. The van der Waals surface area contributed by atoms with Crippen LogP contribution in [0.5, 0.6) is 0 Å². The van der Waals surface area contributed by atoms with E-state index in [1.807, 2.05) is 31.1 Å². The third kappa shape index (κ3) is 2.69. The first-order chi connectivity index (χ1) is 11.0. The Hall–Kier alpha value is -2.70. The lowest BCUT2D eigenvalue weighted by atomic mass is 10.1. The maximum atomic E-state index is 13.7. The van der Waals surface area contributed by atoms with Crippen molar-refractivity contribution in [2.45, 2.75) is 6.54 Å². The molecule has 1 N–H and O–H groups in total. The smallest absolute Gasteiger partial charge is 0.194 e. The third-order valence-corrected chi connectivity index (χ3v) is 3.52. The molecule has 4 nitrogen and oxygen atoms in total. The highest BCUT2D eigenvalue weighted by Gasteiger charge is 2.16. The zero-order chi connectivity index (χ0) is 16.6. The van der Waals surface area contributed by atoms with Crippen molar-refractivity contribution in [1.29, 1.82) is 0 Å². The topological polar surface area (TPSA) is 41.3 Å². The van der Waals surface area contributed by atoms with Gasteiger partial charge in [-0.1, -0.05) is 17.3 Å². The minimum absolute atomic E-state index is 0.00221. The number of aromatic nitrogens is 1. The van der Waals surface area contributed by atoms with Crippen molar-refractivity contribution in [3.05, 3.63) is 53.3 Å². The summed E-state index contributed by atoms with van der Waals surface area (Å²) < 4.78 is 45.2. The van der Waals surface area contributed by atoms with E-state index in [4.69, 9.17) is 4.52 Å². The van der Waals surface area contributed by atoms with E-state index < -0.39 is 17.5 Å². The molecule has 0 atom stereocenters. The average molecular weight is 321 g/mol. The first kappa shape index (κ1) is 15.2. The van der Waals surface area contributed by atoms with Crippen LogP contribution >= 0.6 is 0 Å². The van der Waals surface area contributed by atoms with E-state index in [2.05, 4.69) is 10.5 Å². The van der Waals surface area contributed by atoms with Crippen LogP contribution in [0.1, 0.15) is 5.56 Å². The fourth-order valence-corrected chi connectivity index (χ4v) is 2.35. The van der Waals surface area contributed by atoms with E-state index in [1.54, 1.807) is 6.07 Å². The summed E-state index contributed by atoms with van der Waals surface area (Å²) in [5, 5.41) is 7.56. The Bertz CT molecular complexity index is 861. The van der Waals surface area contributed by atoms with E-state index in [-0.39, 0.29) is 12.1 Å². The number of nitrogens with zero attached hydrogens (tertiary/aromatic N) is 2. The first-order valence-corrected chi connectivity index (χ1v) is 6.91. The molecule has 3 rings (SSSR count). The fourth-order valence-electron chi connectivity index (χ4n) is 2.35. The molecule has 0 saturated carbocycles. The molecule has 0 fully saturated rings. The van der Waals surface area contributed by atoms with Gasteiger partial charge in [-0.25, -0.2) is 13.2 Å². The molecule has 1 heterocycles. The second kappa shape index (κ2) is 5.83. The molecule has 2 aromatic carbocycles. The van der Waals surface area contributed by atoms with Gasteiger partial charge in [-0.2, -0.15) is 0 Å². The van der Waals surface area contributed by atoms with Gasteiger partial charge in [0.1, 0.15) is 0 Å². The molecule has 0 bridgehead atoms. The highest BCUT2D eigenvalue weighted by atomic mass is 19.2. The molecule has 1 aromatic heterocycles. The number of hydrogen-bond acceptors (Lipinski definition) is 4. The summed E-state index contributed by atoms with van der Waals surface area (Å²) >= 11 is 0. The third-order valence-electron chi connectivity index (χ3n) is 3.52. The van der Waals surface area contributed by atoms with Crippen LogP contribution in [0.3, 0.4) is 0 Å². The van der Waals surface area contributed by atoms with Crippen molar-refractivity contribution < 1.29 is 17.7 Å². The highest BCUT2D eigenvalue weighted by Crippen LogP contribution is 2.32. The molecule has 23 heavy (non-hydrogen) atoms. The van der Waals surface area contributed by atoms with E-state index in [0.29, 0.717) is 11.4 Å². The van der Waals surface area contributed by atoms with Crippen molar-refractivity contribution in [2.75, 3.05) is 24.3 Å². The van der Waals surface area contributed by atoms with Crippen LogP contribution in [0, 0.1) is 17.5 Å². The van der Waals surface area contributed by atoms with Gasteiger partial charge in [-0.3, -0.25) is 0 Å². The summed E-state index contributed by atoms with van der Waals surface area (Å²) in [6.45, 7) is -0.0492. The van der Waals surface area contributed by atoms with Gasteiger partial charge >= 0.3 is 0 Å². The lowest BCUT2D eigenvalue weighted by molar-refractivity contribution is 0.441. The number of anilines is 2. The van der Waals surface area contributed by atoms with Gasteiger partial charge in [-0.15, -0.1) is 0 Å². The number of nitrogens with one attached hydrogen (secondary N) is 1. The summed E-state index contributed by atoms with van der Waals surface area (Å²) in [5.74, 6) is -3.50. The molecule has 0 unspecified atom stereocenters. The van der Waals surface area contributed by atoms with Gasteiger partial charge in [0.15, 0.2) is 28.9 Å². The summed E-state index contributed by atoms with van der Waals surface area (Å²) in [4.78, 5) is 1.89. The fraction of sp³-hybridized carbons (Fsp3) is 0.188. The lowest BCUT2D eigenvalue weighted by Gasteiger charge is -2.14.